The number of aliphatic hydroxyl groups excluding tert-OH is 1. The van der Waals surface area contributed by atoms with Gasteiger partial charge in [-0.2, -0.15) is 11.8 Å². The molecule has 3 N–H and O–H groups in total. The molecule has 0 fully saturated rings. The number of fused-ring (bicyclic) bond motifs is 1. The molecule has 0 amide bonds. The van der Waals surface area contributed by atoms with Gasteiger partial charge < -0.3 is 10.8 Å². The molecule has 0 aliphatic rings. The van der Waals surface area contributed by atoms with Gasteiger partial charge in [0, 0.05) is 18.4 Å². The lowest BCUT2D eigenvalue weighted by Crippen LogP contribution is -2.13. The Hall–Kier alpha value is -1.03. The van der Waals surface area contributed by atoms with Crippen LogP contribution in [0.2, 0.25) is 0 Å². The van der Waals surface area contributed by atoms with Crippen LogP contribution in [-0.2, 0) is 0 Å². The van der Waals surface area contributed by atoms with Crippen molar-refractivity contribution >= 4 is 22.5 Å². The summed E-state index contributed by atoms with van der Waals surface area (Å²) >= 11 is 1.80. The summed E-state index contributed by atoms with van der Waals surface area (Å²) in [4.78, 5) is 0. The van der Waals surface area contributed by atoms with Crippen LogP contribution in [-0.4, -0.2) is 23.2 Å². The molecule has 2 aromatic carbocycles. The largest absolute Gasteiger partial charge is 0.396 e. The molecule has 0 aliphatic heterocycles. The van der Waals surface area contributed by atoms with Crippen LogP contribution >= 0.6 is 11.8 Å². The predicted octanol–water partition coefficient (Wildman–Crippen LogP) is 2.96. The van der Waals surface area contributed by atoms with E-state index in [4.69, 9.17) is 10.8 Å². The van der Waals surface area contributed by atoms with E-state index in [9.17, 15) is 0 Å². The van der Waals surface area contributed by atoms with Crippen molar-refractivity contribution in [3.05, 3.63) is 48.0 Å². The molecule has 0 saturated carbocycles. The Bertz CT molecular complexity index is 501. The average Bonchev–Trinajstić information content (AvgIpc) is 2.43. The van der Waals surface area contributed by atoms with E-state index in [0.717, 1.165) is 17.9 Å². The van der Waals surface area contributed by atoms with E-state index in [1.54, 1.807) is 11.8 Å². The number of hydrogen-bond donors (Lipinski definition) is 2. The van der Waals surface area contributed by atoms with Gasteiger partial charge in [-0.1, -0.05) is 36.4 Å². The average molecular weight is 261 g/mol. The highest BCUT2D eigenvalue weighted by Gasteiger charge is 2.06. The van der Waals surface area contributed by atoms with Crippen molar-refractivity contribution in [2.45, 2.75) is 12.5 Å². The minimum atomic E-state index is 0.0679. The van der Waals surface area contributed by atoms with Crippen LogP contribution in [0.15, 0.2) is 42.5 Å². The van der Waals surface area contributed by atoms with Gasteiger partial charge in [0.25, 0.3) is 0 Å². The Labute approximate surface area is 112 Å². The molecular weight excluding hydrogens is 242 g/mol. The van der Waals surface area contributed by atoms with Crippen molar-refractivity contribution in [1.29, 1.82) is 0 Å². The van der Waals surface area contributed by atoms with Gasteiger partial charge in [0.2, 0.25) is 0 Å². The fraction of sp³-hybridized carbons (Fsp3) is 0.333. The van der Waals surface area contributed by atoms with Crippen molar-refractivity contribution in [2.24, 2.45) is 5.73 Å². The van der Waals surface area contributed by atoms with Gasteiger partial charge >= 0.3 is 0 Å². The standard InChI is InChI=1S/C15H19NOS/c16-15(11-18-9-3-8-17)14-7-6-12-4-1-2-5-13(12)10-14/h1-2,4-7,10,15,17H,3,8-9,11,16H2. The molecule has 18 heavy (non-hydrogen) atoms. The van der Waals surface area contributed by atoms with Crippen LogP contribution in [0.5, 0.6) is 0 Å². The van der Waals surface area contributed by atoms with Crippen LogP contribution < -0.4 is 5.73 Å². The van der Waals surface area contributed by atoms with E-state index in [-0.39, 0.29) is 12.6 Å². The fourth-order valence-corrected chi connectivity index (χ4v) is 2.86. The van der Waals surface area contributed by atoms with Crippen LogP contribution in [0.1, 0.15) is 18.0 Å². The Morgan fingerprint density at radius 1 is 1.11 bits per heavy atom. The summed E-state index contributed by atoms with van der Waals surface area (Å²) < 4.78 is 0. The Kier molecular flexibility index (Phi) is 5.05. The second kappa shape index (κ2) is 6.78. The number of nitrogens with two attached hydrogens (primary N) is 1. The van der Waals surface area contributed by atoms with Crippen molar-refractivity contribution < 1.29 is 5.11 Å². The van der Waals surface area contributed by atoms with Gasteiger partial charge in [0.15, 0.2) is 0 Å². The van der Waals surface area contributed by atoms with Crippen LogP contribution in [0.3, 0.4) is 0 Å². The molecule has 0 aliphatic carbocycles. The molecular formula is C15H19NOS. The third kappa shape index (κ3) is 3.48. The minimum absolute atomic E-state index is 0.0679. The van der Waals surface area contributed by atoms with E-state index in [2.05, 4.69) is 30.3 Å². The monoisotopic (exact) mass is 261 g/mol. The van der Waals surface area contributed by atoms with Crippen LogP contribution in [0.4, 0.5) is 0 Å². The SMILES string of the molecule is NC(CSCCCO)c1ccc2ccccc2c1. The van der Waals surface area contributed by atoms with Gasteiger partial charge in [-0.05, 0) is 34.6 Å². The summed E-state index contributed by atoms with van der Waals surface area (Å²) in [5.41, 5.74) is 7.37. The van der Waals surface area contributed by atoms with Crippen molar-refractivity contribution in [1.82, 2.24) is 0 Å². The van der Waals surface area contributed by atoms with Gasteiger partial charge in [0.1, 0.15) is 0 Å². The Morgan fingerprint density at radius 3 is 2.67 bits per heavy atom. The Balaban J connectivity index is 2.01. The first-order valence-electron chi connectivity index (χ1n) is 6.24. The van der Waals surface area contributed by atoms with Gasteiger partial charge in [-0.25, -0.2) is 0 Å². The van der Waals surface area contributed by atoms with E-state index in [1.165, 1.54) is 16.3 Å². The summed E-state index contributed by atoms with van der Waals surface area (Å²) in [6.45, 7) is 0.262. The first-order valence-corrected chi connectivity index (χ1v) is 7.39. The lowest BCUT2D eigenvalue weighted by Gasteiger charge is -2.12. The number of rotatable bonds is 6. The number of benzene rings is 2. The maximum absolute atomic E-state index is 8.72. The molecule has 1 atom stereocenters. The first-order chi connectivity index (χ1) is 8.81. The predicted molar refractivity (Wildman–Crippen MR) is 79.9 cm³/mol. The molecule has 0 aromatic heterocycles. The minimum Gasteiger partial charge on any atom is -0.396 e. The number of thioether (sulfide) groups is 1. The zero-order valence-corrected chi connectivity index (χ0v) is 11.2. The second-order valence-corrected chi connectivity index (χ2v) is 5.51. The smallest absolute Gasteiger partial charge is 0.0438 e. The van der Waals surface area contributed by atoms with Crippen molar-refractivity contribution in [2.75, 3.05) is 18.1 Å². The maximum atomic E-state index is 8.72. The maximum Gasteiger partial charge on any atom is 0.0438 e. The lowest BCUT2D eigenvalue weighted by molar-refractivity contribution is 0.296. The van der Waals surface area contributed by atoms with E-state index < -0.39 is 0 Å². The normalized spacial score (nSPS) is 12.8. The van der Waals surface area contributed by atoms with Gasteiger partial charge in [-0.15, -0.1) is 0 Å². The summed E-state index contributed by atoms with van der Waals surface area (Å²) in [5.74, 6) is 1.87. The van der Waals surface area contributed by atoms with Crippen molar-refractivity contribution in [3.63, 3.8) is 0 Å². The topological polar surface area (TPSA) is 46.2 Å². The summed E-state index contributed by atoms with van der Waals surface area (Å²) in [6.07, 6.45) is 0.842. The molecule has 0 saturated heterocycles. The highest BCUT2D eigenvalue weighted by molar-refractivity contribution is 7.99. The second-order valence-electron chi connectivity index (χ2n) is 4.37. The van der Waals surface area contributed by atoms with Gasteiger partial charge in [0.05, 0.1) is 0 Å². The summed E-state index contributed by atoms with van der Waals surface area (Å²) in [5, 5.41) is 11.2. The van der Waals surface area contributed by atoms with E-state index in [0.29, 0.717) is 0 Å². The number of hydrogen-bond acceptors (Lipinski definition) is 3. The quantitative estimate of drug-likeness (QED) is 0.786. The van der Waals surface area contributed by atoms with E-state index >= 15 is 0 Å². The highest BCUT2D eigenvalue weighted by atomic mass is 32.2. The molecule has 2 nitrogen and oxygen atoms in total. The molecule has 0 heterocycles. The first kappa shape index (κ1) is 13.4. The third-order valence-corrected chi connectivity index (χ3v) is 4.12. The molecule has 3 heteroatoms. The van der Waals surface area contributed by atoms with Crippen molar-refractivity contribution in [3.8, 4) is 0 Å². The van der Waals surface area contributed by atoms with Crippen LogP contribution in [0.25, 0.3) is 10.8 Å². The number of aliphatic hydroxyl groups is 1. The Morgan fingerprint density at radius 2 is 1.89 bits per heavy atom. The zero-order chi connectivity index (χ0) is 12.8. The van der Waals surface area contributed by atoms with Crippen LogP contribution in [0, 0.1) is 0 Å². The fourth-order valence-electron chi connectivity index (χ4n) is 1.91. The third-order valence-electron chi connectivity index (χ3n) is 2.95. The van der Waals surface area contributed by atoms with Gasteiger partial charge in [-0.3, -0.25) is 0 Å². The summed E-state index contributed by atoms with van der Waals surface area (Å²) in [6, 6.07) is 14.8. The summed E-state index contributed by atoms with van der Waals surface area (Å²) in [7, 11) is 0. The molecule has 96 valence electrons. The molecule has 0 spiro atoms. The zero-order valence-electron chi connectivity index (χ0n) is 10.4. The van der Waals surface area contributed by atoms with E-state index in [1.807, 2.05) is 12.1 Å². The molecule has 0 bridgehead atoms. The highest BCUT2D eigenvalue weighted by Crippen LogP contribution is 2.21. The molecule has 0 radical (unpaired) electrons. The molecule has 1 unspecified atom stereocenters. The molecule has 2 aromatic rings. The lowest BCUT2D eigenvalue weighted by atomic mass is 10.0. The molecule has 2 rings (SSSR count).